The summed E-state index contributed by atoms with van der Waals surface area (Å²) in [7, 11) is -3.59. The second kappa shape index (κ2) is 7.05. The number of sulfonamides is 1. The van der Waals surface area contributed by atoms with E-state index in [1.54, 1.807) is 24.3 Å². The third-order valence-corrected chi connectivity index (χ3v) is 7.07. The summed E-state index contributed by atoms with van der Waals surface area (Å²) in [5.74, 6) is -0.0672. The third-order valence-electron chi connectivity index (χ3n) is 5.16. The van der Waals surface area contributed by atoms with E-state index in [9.17, 15) is 17.6 Å². The summed E-state index contributed by atoms with van der Waals surface area (Å²) in [6.07, 6.45) is 1.86. The number of halogens is 1. The van der Waals surface area contributed by atoms with E-state index in [0.717, 1.165) is 18.5 Å². The number of piperazine rings is 1. The van der Waals surface area contributed by atoms with Crippen molar-refractivity contribution in [2.75, 3.05) is 31.1 Å². The van der Waals surface area contributed by atoms with Crippen molar-refractivity contribution in [2.24, 2.45) is 5.92 Å². The standard InChI is InChI=1S/C20H21FN2O3S/c21-17-5-7-18(8-6-17)22-11-13-23(14-12-22)27(25,26)19-9-3-16(4-10-19)20(24)15-1-2-15/h3-10,15H,1-2,11-14H2. The first-order chi connectivity index (χ1) is 12.9. The molecule has 1 saturated heterocycles. The quantitative estimate of drug-likeness (QED) is 0.739. The number of hydrogen-bond donors (Lipinski definition) is 0. The number of nitrogens with zero attached hydrogens (tertiary/aromatic N) is 2. The Morgan fingerprint density at radius 1 is 0.889 bits per heavy atom. The van der Waals surface area contributed by atoms with Gasteiger partial charge in [0.05, 0.1) is 4.90 Å². The summed E-state index contributed by atoms with van der Waals surface area (Å²) in [6, 6.07) is 12.5. The second-order valence-electron chi connectivity index (χ2n) is 7.03. The molecule has 0 spiro atoms. The van der Waals surface area contributed by atoms with Crippen LogP contribution in [0.25, 0.3) is 0 Å². The van der Waals surface area contributed by atoms with Crippen LogP contribution in [-0.4, -0.2) is 44.7 Å². The van der Waals surface area contributed by atoms with Crippen LogP contribution in [0.1, 0.15) is 23.2 Å². The first-order valence-corrected chi connectivity index (χ1v) is 10.5. The van der Waals surface area contributed by atoms with E-state index in [0.29, 0.717) is 31.7 Å². The largest absolute Gasteiger partial charge is 0.369 e. The van der Waals surface area contributed by atoms with E-state index in [2.05, 4.69) is 0 Å². The maximum absolute atomic E-state index is 13.1. The van der Waals surface area contributed by atoms with Gasteiger partial charge in [-0.05, 0) is 49.2 Å². The first-order valence-electron chi connectivity index (χ1n) is 9.10. The van der Waals surface area contributed by atoms with Gasteiger partial charge in [-0.25, -0.2) is 12.8 Å². The van der Waals surface area contributed by atoms with E-state index in [4.69, 9.17) is 0 Å². The number of hydrogen-bond acceptors (Lipinski definition) is 4. The molecular weight excluding hydrogens is 367 g/mol. The Hall–Kier alpha value is -2.25. The van der Waals surface area contributed by atoms with Gasteiger partial charge < -0.3 is 4.90 Å². The topological polar surface area (TPSA) is 57.7 Å². The molecule has 4 rings (SSSR count). The van der Waals surface area contributed by atoms with Crippen LogP contribution in [0.2, 0.25) is 0 Å². The molecule has 1 aliphatic heterocycles. The highest BCUT2D eigenvalue weighted by molar-refractivity contribution is 7.89. The van der Waals surface area contributed by atoms with Gasteiger partial charge in [-0.3, -0.25) is 4.79 Å². The molecule has 2 aliphatic rings. The normalized spacial score (nSPS) is 18.5. The number of benzene rings is 2. The predicted molar refractivity (Wildman–Crippen MR) is 101 cm³/mol. The lowest BCUT2D eigenvalue weighted by Crippen LogP contribution is -2.48. The first kappa shape index (κ1) is 18.1. The highest BCUT2D eigenvalue weighted by Gasteiger charge is 2.31. The Morgan fingerprint density at radius 2 is 1.48 bits per heavy atom. The van der Waals surface area contributed by atoms with Crippen LogP contribution in [-0.2, 0) is 10.0 Å². The van der Waals surface area contributed by atoms with Crippen molar-refractivity contribution in [3.63, 3.8) is 0 Å². The van der Waals surface area contributed by atoms with Crippen molar-refractivity contribution in [1.29, 1.82) is 0 Å². The lowest BCUT2D eigenvalue weighted by molar-refractivity contribution is 0.0967. The summed E-state index contributed by atoms with van der Waals surface area (Å²) in [5, 5.41) is 0. The number of anilines is 1. The van der Waals surface area contributed by atoms with Crippen molar-refractivity contribution in [1.82, 2.24) is 4.31 Å². The van der Waals surface area contributed by atoms with Crippen LogP contribution in [0, 0.1) is 11.7 Å². The molecule has 5 nitrogen and oxygen atoms in total. The molecule has 142 valence electrons. The fourth-order valence-electron chi connectivity index (χ4n) is 3.36. The Labute approximate surface area is 158 Å². The van der Waals surface area contributed by atoms with Crippen LogP contribution in [0.3, 0.4) is 0 Å². The zero-order valence-electron chi connectivity index (χ0n) is 14.8. The minimum absolute atomic E-state index is 0.104. The molecule has 2 aromatic rings. The van der Waals surface area contributed by atoms with Gasteiger partial charge in [0.25, 0.3) is 0 Å². The Bertz CT molecular complexity index is 930. The van der Waals surface area contributed by atoms with Gasteiger partial charge in [-0.15, -0.1) is 0 Å². The molecule has 7 heteroatoms. The van der Waals surface area contributed by atoms with Gasteiger partial charge in [-0.2, -0.15) is 4.31 Å². The van der Waals surface area contributed by atoms with Crippen LogP contribution < -0.4 is 4.90 Å². The van der Waals surface area contributed by atoms with Gasteiger partial charge in [0.15, 0.2) is 5.78 Å². The Kier molecular flexibility index (Phi) is 4.74. The van der Waals surface area contributed by atoms with Crippen molar-refractivity contribution in [2.45, 2.75) is 17.7 Å². The lowest BCUT2D eigenvalue weighted by atomic mass is 10.1. The summed E-state index contributed by atoms with van der Waals surface area (Å²) in [6.45, 7) is 1.82. The van der Waals surface area contributed by atoms with E-state index in [-0.39, 0.29) is 22.4 Å². The molecule has 0 N–H and O–H groups in total. The van der Waals surface area contributed by atoms with E-state index < -0.39 is 10.0 Å². The summed E-state index contributed by atoms with van der Waals surface area (Å²) in [4.78, 5) is 14.3. The molecule has 0 radical (unpaired) electrons. The summed E-state index contributed by atoms with van der Waals surface area (Å²) >= 11 is 0. The molecule has 0 atom stereocenters. The van der Waals surface area contributed by atoms with E-state index in [1.807, 2.05) is 4.90 Å². The molecule has 1 heterocycles. The highest BCUT2D eigenvalue weighted by Crippen LogP contribution is 2.33. The van der Waals surface area contributed by atoms with Crippen LogP contribution in [0.5, 0.6) is 0 Å². The minimum atomic E-state index is -3.59. The monoisotopic (exact) mass is 388 g/mol. The molecule has 2 aromatic carbocycles. The Balaban J connectivity index is 1.43. The second-order valence-corrected chi connectivity index (χ2v) is 8.97. The zero-order chi connectivity index (χ0) is 19.0. The predicted octanol–water partition coefficient (Wildman–Crippen LogP) is 2.93. The summed E-state index contributed by atoms with van der Waals surface area (Å²) < 4.78 is 40.3. The molecule has 0 unspecified atom stereocenters. The van der Waals surface area contributed by atoms with Crippen LogP contribution in [0.15, 0.2) is 53.4 Å². The van der Waals surface area contributed by atoms with Gasteiger partial charge in [0.1, 0.15) is 5.82 Å². The van der Waals surface area contributed by atoms with Gasteiger partial charge in [0, 0.05) is 43.3 Å². The van der Waals surface area contributed by atoms with Gasteiger partial charge in [0.2, 0.25) is 10.0 Å². The van der Waals surface area contributed by atoms with Crippen LogP contribution >= 0.6 is 0 Å². The van der Waals surface area contributed by atoms with Gasteiger partial charge in [-0.1, -0.05) is 12.1 Å². The maximum atomic E-state index is 13.1. The number of carbonyl (C=O) groups excluding carboxylic acids is 1. The van der Waals surface area contributed by atoms with Gasteiger partial charge >= 0.3 is 0 Å². The number of ketones is 1. The average molecular weight is 388 g/mol. The smallest absolute Gasteiger partial charge is 0.243 e. The van der Waals surface area contributed by atoms with Crippen molar-refractivity contribution < 1.29 is 17.6 Å². The fourth-order valence-corrected chi connectivity index (χ4v) is 4.78. The van der Waals surface area contributed by atoms with Crippen molar-refractivity contribution in [3.05, 3.63) is 59.9 Å². The molecule has 1 saturated carbocycles. The molecule has 0 amide bonds. The number of rotatable bonds is 5. The zero-order valence-corrected chi connectivity index (χ0v) is 15.7. The minimum Gasteiger partial charge on any atom is -0.369 e. The lowest BCUT2D eigenvalue weighted by Gasteiger charge is -2.35. The Morgan fingerprint density at radius 3 is 2.04 bits per heavy atom. The average Bonchev–Trinajstić information content (AvgIpc) is 3.53. The SMILES string of the molecule is O=C(c1ccc(S(=O)(=O)N2CCN(c3ccc(F)cc3)CC2)cc1)C1CC1. The molecule has 2 fully saturated rings. The molecule has 1 aliphatic carbocycles. The van der Waals surface area contributed by atoms with Crippen molar-refractivity contribution in [3.8, 4) is 0 Å². The molecule has 0 aromatic heterocycles. The van der Waals surface area contributed by atoms with Crippen molar-refractivity contribution >= 4 is 21.5 Å². The fraction of sp³-hybridized carbons (Fsp3) is 0.350. The van der Waals surface area contributed by atoms with Crippen LogP contribution in [0.4, 0.5) is 10.1 Å². The van der Waals surface area contributed by atoms with E-state index >= 15 is 0 Å². The van der Waals surface area contributed by atoms with E-state index in [1.165, 1.54) is 28.6 Å². The number of Topliss-reactive ketones (excluding diaryl/α,β-unsaturated/α-hetero) is 1. The highest BCUT2D eigenvalue weighted by atomic mass is 32.2. The maximum Gasteiger partial charge on any atom is 0.243 e. The molecule has 0 bridgehead atoms. The summed E-state index contributed by atoms with van der Waals surface area (Å²) in [5.41, 5.74) is 1.47. The number of carbonyl (C=O) groups is 1. The third kappa shape index (κ3) is 3.75. The molecule has 27 heavy (non-hydrogen) atoms. The molecular formula is C20H21FN2O3S.